The molecule has 32 heavy (non-hydrogen) atoms. The lowest BCUT2D eigenvalue weighted by atomic mass is 9.86. The van der Waals surface area contributed by atoms with Gasteiger partial charge in [-0.15, -0.1) is 0 Å². The number of aromatic nitrogens is 1. The molecule has 0 unspecified atom stereocenters. The third kappa shape index (κ3) is 3.30. The van der Waals surface area contributed by atoms with Gasteiger partial charge in [-0.2, -0.15) is 0 Å². The minimum atomic E-state index is -4.01. The van der Waals surface area contributed by atoms with Gasteiger partial charge in [0.1, 0.15) is 16.6 Å². The Hall–Kier alpha value is -3.12. The molecule has 1 fully saturated rings. The zero-order valence-electron chi connectivity index (χ0n) is 17.5. The Kier molecular flexibility index (Phi) is 5.17. The smallest absolute Gasteiger partial charge is 0.277 e. The number of halogens is 2. The number of benzene rings is 1. The number of amides is 1. The number of rotatable bonds is 3. The molecule has 170 valence electrons. The number of aliphatic imine (C=N–C) groups is 1. The molecule has 2 aromatic rings. The number of nitrogens with two attached hydrogens (primary N) is 1. The van der Waals surface area contributed by atoms with E-state index < -0.39 is 50.2 Å². The first kappa shape index (κ1) is 22.1. The van der Waals surface area contributed by atoms with Crippen LogP contribution in [0.5, 0.6) is 0 Å². The van der Waals surface area contributed by atoms with Crippen LogP contribution in [-0.2, 0) is 20.3 Å². The van der Waals surface area contributed by atoms with Crippen LogP contribution in [0.4, 0.5) is 14.5 Å². The molecule has 1 saturated heterocycles. The molecule has 4 rings (SSSR count). The molecule has 0 saturated carbocycles. The monoisotopic (exact) mass is 465 g/mol. The van der Waals surface area contributed by atoms with E-state index in [0.29, 0.717) is 5.56 Å². The summed E-state index contributed by atoms with van der Waals surface area (Å²) >= 11 is 0. The lowest BCUT2D eigenvalue weighted by molar-refractivity contribution is 0.101. The number of aryl methyl sites for hydroxylation is 1. The summed E-state index contributed by atoms with van der Waals surface area (Å²) in [6.07, 6.45) is 0.554. The van der Waals surface area contributed by atoms with Crippen molar-refractivity contribution >= 4 is 27.6 Å². The first-order chi connectivity index (χ1) is 15.0. The van der Waals surface area contributed by atoms with E-state index in [4.69, 9.17) is 10.5 Å². The van der Waals surface area contributed by atoms with Crippen LogP contribution in [0.25, 0.3) is 0 Å². The number of hydrogen-bond acceptors (Lipinski definition) is 7. The summed E-state index contributed by atoms with van der Waals surface area (Å²) in [5, 5.41) is 1.23. The highest BCUT2D eigenvalue weighted by Crippen LogP contribution is 2.46. The molecule has 2 aliphatic rings. The van der Waals surface area contributed by atoms with E-state index in [0.717, 1.165) is 10.4 Å². The van der Waals surface area contributed by atoms with Crippen LogP contribution in [0, 0.1) is 18.6 Å². The summed E-state index contributed by atoms with van der Waals surface area (Å²) in [7, 11) is -2.75. The summed E-state index contributed by atoms with van der Waals surface area (Å²) in [5.74, 6) is -2.70. The number of carbonyl (C=O) groups excluding carboxylic acids is 1. The largest absolute Gasteiger partial charge is 0.374 e. The van der Waals surface area contributed by atoms with Gasteiger partial charge in [-0.3, -0.25) is 4.79 Å². The number of ether oxygens (including phenoxy) is 1. The number of anilines is 1. The zero-order valence-corrected chi connectivity index (χ0v) is 18.3. The van der Waals surface area contributed by atoms with Gasteiger partial charge < -0.3 is 15.8 Å². The Labute approximate surface area is 183 Å². The summed E-state index contributed by atoms with van der Waals surface area (Å²) in [6, 6.07) is 4.75. The number of pyridine rings is 1. The minimum Gasteiger partial charge on any atom is -0.374 e. The fourth-order valence-corrected chi connectivity index (χ4v) is 6.04. The molecule has 3 N–H and O–H groups in total. The standard InChI is InChI=1S/C20H21F2N5O4S/c1-10-6-15(22)16(24-8-10)18(28)25-12-4-5-14(21)13(7-12)20-9-31-11(2)17(20)32(29,30)27(3)19(23)26-20/h4-8,11,17H,9H2,1-3H3,(H2,23,26)(H,25,28)/t11-,17+,20+/m0/s1. The fraction of sp³-hybridized carbons (Fsp3) is 0.350. The molecule has 12 heteroatoms. The average molecular weight is 465 g/mol. The molecule has 0 bridgehead atoms. The summed E-state index contributed by atoms with van der Waals surface area (Å²) in [5.41, 5.74) is 4.31. The number of sulfonamides is 1. The highest BCUT2D eigenvalue weighted by Gasteiger charge is 2.61. The topological polar surface area (TPSA) is 127 Å². The van der Waals surface area contributed by atoms with Gasteiger partial charge in [0, 0.05) is 24.5 Å². The molecular weight excluding hydrogens is 444 g/mol. The molecule has 1 amide bonds. The fourth-order valence-electron chi connectivity index (χ4n) is 4.09. The van der Waals surface area contributed by atoms with Gasteiger partial charge in [0.25, 0.3) is 5.91 Å². The molecule has 1 aromatic heterocycles. The van der Waals surface area contributed by atoms with Gasteiger partial charge >= 0.3 is 0 Å². The summed E-state index contributed by atoms with van der Waals surface area (Å²) < 4.78 is 61.7. The second-order valence-corrected chi connectivity index (χ2v) is 9.92. The van der Waals surface area contributed by atoms with Crippen LogP contribution in [0.3, 0.4) is 0 Å². The second-order valence-electron chi connectivity index (χ2n) is 7.84. The maximum Gasteiger partial charge on any atom is 0.277 e. The first-order valence-corrected chi connectivity index (χ1v) is 11.2. The molecule has 0 aliphatic carbocycles. The minimum absolute atomic E-state index is 0.103. The van der Waals surface area contributed by atoms with Crippen molar-refractivity contribution < 1.29 is 26.7 Å². The predicted molar refractivity (Wildman–Crippen MR) is 112 cm³/mol. The molecule has 9 nitrogen and oxygen atoms in total. The lowest BCUT2D eigenvalue weighted by Crippen LogP contribution is -2.58. The SMILES string of the molecule is Cc1cnc(C(=O)Nc2ccc(F)c([C@]34CO[C@@H](C)[C@H]3S(=O)(=O)N(C)C(N)=N4)c2)c(F)c1. The van der Waals surface area contributed by atoms with E-state index in [-0.39, 0.29) is 23.8 Å². The van der Waals surface area contributed by atoms with Crippen LogP contribution in [0.15, 0.2) is 35.5 Å². The maximum atomic E-state index is 15.0. The molecule has 3 atom stereocenters. The number of nitrogens with one attached hydrogen (secondary N) is 1. The second kappa shape index (κ2) is 7.48. The lowest BCUT2D eigenvalue weighted by Gasteiger charge is -2.39. The molecule has 0 radical (unpaired) electrons. The predicted octanol–water partition coefficient (Wildman–Crippen LogP) is 1.49. The van der Waals surface area contributed by atoms with Gasteiger partial charge in [0.15, 0.2) is 11.5 Å². The molecule has 0 spiro atoms. The maximum absolute atomic E-state index is 15.0. The van der Waals surface area contributed by atoms with Crippen molar-refractivity contribution in [3.63, 3.8) is 0 Å². The van der Waals surface area contributed by atoms with E-state index in [9.17, 15) is 17.6 Å². The number of nitrogens with zero attached hydrogens (tertiary/aromatic N) is 3. The van der Waals surface area contributed by atoms with E-state index in [2.05, 4.69) is 15.3 Å². The van der Waals surface area contributed by atoms with Crippen LogP contribution in [0.2, 0.25) is 0 Å². The van der Waals surface area contributed by atoms with Crippen molar-refractivity contribution in [1.29, 1.82) is 0 Å². The number of fused-ring (bicyclic) bond motifs is 1. The van der Waals surface area contributed by atoms with Crippen molar-refractivity contribution in [2.45, 2.75) is 30.7 Å². The van der Waals surface area contributed by atoms with Crippen molar-refractivity contribution in [1.82, 2.24) is 9.29 Å². The molecule has 1 aromatic carbocycles. The van der Waals surface area contributed by atoms with Gasteiger partial charge in [0.2, 0.25) is 16.0 Å². The van der Waals surface area contributed by atoms with E-state index in [1.807, 2.05) is 0 Å². The van der Waals surface area contributed by atoms with Gasteiger partial charge in [-0.1, -0.05) is 0 Å². The van der Waals surface area contributed by atoms with Crippen LogP contribution in [0.1, 0.15) is 28.5 Å². The number of guanidine groups is 1. The van der Waals surface area contributed by atoms with E-state index in [1.165, 1.54) is 31.4 Å². The van der Waals surface area contributed by atoms with Crippen molar-refractivity contribution in [3.05, 3.63) is 58.9 Å². The Morgan fingerprint density at radius 3 is 2.72 bits per heavy atom. The Balaban J connectivity index is 1.78. The quantitative estimate of drug-likeness (QED) is 0.707. The normalized spacial score (nSPS) is 26.4. The highest BCUT2D eigenvalue weighted by atomic mass is 32.2. The van der Waals surface area contributed by atoms with E-state index >= 15 is 4.39 Å². The molecule has 2 aliphatic heterocycles. The summed E-state index contributed by atoms with van der Waals surface area (Å²) in [6.45, 7) is 2.96. The Bertz CT molecular complexity index is 1250. The van der Waals surface area contributed by atoms with Gasteiger partial charge in [0.05, 0.1) is 12.7 Å². The zero-order chi connectivity index (χ0) is 23.4. The molecule has 3 heterocycles. The van der Waals surface area contributed by atoms with E-state index in [1.54, 1.807) is 13.8 Å². The van der Waals surface area contributed by atoms with Crippen LogP contribution >= 0.6 is 0 Å². The van der Waals surface area contributed by atoms with Crippen LogP contribution < -0.4 is 11.1 Å². The number of carbonyl (C=O) groups is 1. The number of hydrogen-bond donors (Lipinski definition) is 2. The Morgan fingerprint density at radius 2 is 2.03 bits per heavy atom. The van der Waals surface area contributed by atoms with Gasteiger partial charge in [-0.05, 0) is 43.7 Å². The third-order valence-electron chi connectivity index (χ3n) is 5.69. The van der Waals surface area contributed by atoms with Crippen molar-refractivity contribution in [3.8, 4) is 0 Å². The van der Waals surface area contributed by atoms with Crippen molar-refractivity contribution in [2.24, 2.45) is 10.7 Å². The third-order valence-corrected chi connectivity index (χ3v) is 8.05. The highest BCUT2D eigenvalue weighted by molar-refractivity contribution is 7.90. The van der Waals surface area contributed by atoms with Gasteiger partial charge in [-0.25, -0.2) is 31.5 Å². The molecular formula is C20H21F2N5O4S. The average Bonchev–Trinajstić information content (AvgIpc) is 3.05. The Morgan fingerprint density at radius 1 is 1.31 bits per heavy atom. The summed E-state index contributed by atoms with van der Waals surface area (Å²) in [4.78, 5) is 20.6. The van der Waals surface area contributed by atoms with Crippen molar-refractivity contribution in [2.75, 3.05) is 19.0 Å². The first-order valence-electron chi connectivity index (χ1n) is 9.65. The van der Waals surface area contributed by atoms with Crippen LogP contribution in [-0.4, -0.2) is 54.6 Å².